The van der Waals surface area contributed by atoms with Crippen molar-refractivity contribution in [2.45, 2.75) is 11.8 Å². The van der Waals surface area contributed by atoms with Crippen molar-refractivity contribution < 1.29 is 9.59 Å². The minimum atomic E-state index is -0.197. The standard InChI is InChI=1S/C16H14Cl2N2O2S/c1-10(21)19-14-4-2-3-5-15(14)23-9-16(22)20-13-7-6-11(17)8-12(13)18/h2-8H,9H2,1H3,(H,19,21)(H,20,22). The molecule has 4 nitrogen and oxygen atoms in total. The maximum Gasteiger partial charge on any atom is 0.234 e. The second-order valence-corrected chi connectivity index (χ2v) is 6.50. The molecule has 0 aliphatic carbocycles. The van der Waals surface area contributed by atoms with Crippen molar-refractivity contribution in [2.24, 2.45) is 0 Å². The Morgan fingerprint density at radius 3 is 2.48 bits per heavy atom. The highest BCUT2D eigenvalue weighted by molar-refractivity contribution is 8.00. The zero-order chi connectivity index (χ0) is 16.8. The molecule has 2 N–H and O–H groups in total. The van der Waals surface area contributed by atoms with Crippen molar-refractivity contribution in [3.63, 3.8) is 0 Å². The van der Waals surface area contributed by atoms with Gasteiger partial charge in [-0.25, -0.2) is 0 Å². The summed E-state index contributed by atoms with van der Waals surface area (Å²) in [5.74, 6) is -0.164. The summed E-state index contributed by atoms with van der Waals surface area (Å²) < 4.78 is 0. The number of amides is 2. The first-order valence-electron chi connectivity index (χ1n) is 6.70. The van der Waals surface area contributed by atoms with Gasteiger partial charge in [-0.05, 0) is 30.3 Å². The van der Waals surface area contributed by atoms with Crippen molar-refractivity contribution in [3.05, 3.63) is 52.5 Å². The Balaban J connectivity index is 1.98. The molecule has 0 spiro atoms. The van der Waals surface area contributed by atoms with Crippen LogP contribution in [0.5, 0.6) is 0 Å². The van der Waals surface area contributed by atoms with Crippen LogP contribution in [-0.2, 0) is 9.59 Å². The molecule has 0 heterocycles. The van der Waals surface area contributed by atoms with E-state index in [-0.39, 0.29) is 17.6 Å². The summed E-state index contributed by atoms with van der Waals surface area (Å²) in [5, 5.41) is 6.36. The highest BCUT2D eigenvalue weighted by Crippen LogP contribution is 2.28. The van der Waals surface area contributed by atoms with E-state index in [4.69, 9.17) is 23.2 Å². The van der Waals surface area contributed by atoms with Crippen LogP contribution in [0.2, 0.25) is 10.0 Å². The van der Waals surface area contributed by atoms with Gasteiger partial charge in [-0.2, -0.15) is 0 Å². The molecule has 0 bridgehead atoms. The minimum absolute atomic E-state index is 0.157. The van der Waals surface area contributed by atoms with E-state index < -0.39 is 0 Å². The Morgan fingerprint density at radius 1 is 1.04 bits per heavy atom. The molecule has 23 heavy (non-hydrogen) atoms. The van der Waals surface area contributed by atoms with Gasteiger partial charge in [0.2, 0.25) is 11.8 Å². The van der Waals surface area contributed by atoms with Crippen molar-refractivity contribution in [1.82, 2.24) is 0 Å². The van der Waals surface area contributed by atoms with Crippen LogP contribution < -0.4 is 10.6 Å². The molecule has 7 heteroatoms. The molecule has 0 saturated carbocycles. The lowest BCUT2D eigenvalue weighted by atomic mass is 10.3. The molecule has 0 aromatic heterocycles. The van der Waals surface area contributed by atoms with Crippen molar-refractivity contribution in [1.29, 1.82) is 0 Å². The number of thioether (sulfide) groups is 1. The van der Waals surface area contributed by atoms with Gasteiger partial charge in [-0.3, -0.25) is 9.59 Å². The molecule has 2 amide bonds. The summed E-state index contributed by atoms with van der Waals surface area (Å²) >= 11 is 13.2. The van der Waals surface area contributed by atoms with E-state index in [9.17, 15) is 9.59 Å². The number of para-hydroxylation sites is 1. The van der Waals surface area contributed by atoms with Gasteiger partial charge in [0.1, 0.15) is 0 Å². The molecular weight excluding hydrogens is 355 g/mol. The fourth-order valence-corrected chi connectivity index (χ4v) is 3.07. The summed E-state index contributed by atoms with van der Waals surface area (Å²) in [6.45, 7) is 1.44. The Kier molecular flexibility index (Phi) is 6.33. The van der Waals surface area contributed by atoms with Crippen LogP contribution in [0.15, 0.2) is 47.4 Å². The van der Waals surface area contributed by atoms with Gasteiger partial charge < -0.3 is 10.6 Å². The number of hydrogen-bond acceptors (Lipinski definition) is 3. The van der Waals surface area contributed by atoms with E-state index in [0.717, 1.165) is 4.90 Å². The van der Waals surface area contributed by atoms with Gasteiger partial charge in [-0.1, -0.05) is 35.3 Å². The molecule has 0 fully saturated rings. The second-order valence-electron chi connectivity index (χ2n) is 4.64. The Hall–Kier alpha value is -1.69. The lowest BCUT2D eigenvalue weighted by molar-refractivity contribution is -0.114. The Bertz CT molecular complexity index is 738. The topological polar surface area (TPSA) is 58.2 Å². The fraction of sp³-hybridized carbons (Fsp3) is 0.125. The van der Waals surface area contributed by atoms with E-state index in [1.165, 1.54) is 18.7 Å². The van der Waals surface area contributed by atoms with Crippen LogP contribution in [0.1, 0.15) is 6.92 Å². The molecule has 0 aliphatic rings. The number of nitrogens with one attached hydrogen (secondary N) is 2. The highest BCUT2D eigenvalue weighted by Gasteiger charge is 2.09. The van der Waals surface area contributed by atoms with Gasteiger partial charge >= 0.3 is 0 Å². The van der Waals surface area contributed by atoms with Crippen molar-refractivity contribution >= 4 is 58.2 Å². The predicted molar refractivity (Wildman–Crippen MR) is 96.6 cm³/mol. The van der Waals surface area contributed by atoms with Gasteiger partial charge in [0.25, 0.3) is 0 Å². The van der Waals surface area contributed by atoms with E-state index >= 15 is 0 Å². The van der Waals surface area contributed by atoms with Crippen LogP contribution in [0.25, 0.3) is 0 Å². The first-order valence-corrected chi connectivity index (χ1v) is 8.44. The SMILES string of the molecule is CC(=O)Nc1ccccc1SCC(=O)Nc1ccc(Cl)cc1Cl. The van der Waals surface area contributed by atoms with E-state index in [1.807, 2.05) is 18.2 Å². The third-order valence-electron chi connectivity index (χ3n) is 2.76. The smallest absolute Gasteiger partial charge is 0.234 e. The fourth-order valence-electron chi connectivity index (χ4n) is 1.81. The van der Waals surface area contributed by atoms with Gasteiger partial charge in [0, 0.05) is 16.8 Å². The third kappa shape index (κ3) is 5.46. The number of anilines is 2. The Labute approximate surface area is 148 Å². The third-order valence-corrected chi connectivity index (χ3v) is 4.38. The van der Waals surface area contributed by atoms with Crippen LogP contribution in [-0.4, -0.2) is 17.6 Å². The van der Waals surface area contributed by atoms with Crippen LogP contribution in [0, 0.1) is 0 Å². The van der Waals surface area contributed by atoms with Crippen LogP contribution in [0.4, 0.5) is 11.4 Å². The Morgan fingerprint density at radius 2 is 1.78 bits per heavy atom. The highest BCUT2D eigenvalue weighted by atomic mass is 35.5. The molecule has 2 rings (SSSR count). The van der Waals surface area contributed by atoms with Crippen LogP contribution >= 0.6 is 35.0 Å². The largest absolute Gasteiger partial charge is 0.325 e. The molecular formula is C16H14Cl2N2O2S. The van der Waals surface area contributed by atoms with Crippen LogP contribution in [0.3, 0.4) is 0 Å². The maximum absolute atomic E-state index is 12.0. The number of hydrogen-bond donors (Lipinski definition) is 2. The normalized spacial score (nSPS) is 10.2. The zero-order valence-electron chi connectivity index (χ0n) is 12.2. The quantitative estimate of drug-likeness (QED) is 0.753. The molecule has 0 saturated heterocycles. The number of benzene rings is 2. The molecule has 0 radical (unpaired) electrons. The molecule has 0 aliphatic heterocycles. The lowest BCUT2D eigenvalue weighted by Gasteiger charge is -2.10. The summed E-state index contributed by atoms with van der Waals surface area (Å²) in [5.41, 5.74) is 1.19. The zero-order valence-corrected chi connectivity index (χ0v) is 14.6. The number of carbonyl (C=O) groups is 2. The average molecular weight is 369 g/mol. The summed E-state index contributed by atoms with van der Waals surface area (Å²) in [7, 11) is 0. The lowest BCUT2D eigenvalue weighted by Crippen LogP contribution is -2.14. The van der Waals surface area contributed by atoms with E-state index in [0.29, 0.717) is 21.4 Å². The number of rotatable bonds is 5. The average Bonchev–Trinajstić information content (AvgIpc) is 2.49. The first-order chi connectivity index (χ1) is 11.0. The van der Waals surface area contributed by atoms with E-state index in [2.05, 4.69) is 10.6 Å². The predicted octanol–water partition coefficient (Wildman–Crippen LogP) is 4.68. The van der Waals surface area contributed by atoms with Crippen molar-refractivity contribution in [3.8, 4) is 0 Å². The number of carbonyl (C=O) groups excluding carboxylic acids is 2. The minimum Gasteiger partial charge on any atom is -0.325 e. The van der Waals surface area contributed by atoms with Gasteiger partial charge in [0.05, 0.1) is 22.2 Å². The monoisotopic (exact) mass is 368 g/mol. The van der Waals surface area contributed by atoms with Crippen molar-refractivity contribution in [2.75, 3.05) is 16.4 Å². The molecule has 2 aromatic rings. The molecule has 0 atom stereocenters. The summed E-state index contributed by atoms with van der Waals surface area (Å²) in [6, 6.07) is 12.2. The molecule has 120 valence electrons. The summed E-state index contributed by atoms with van der Waals surface area (Å²) in [6.07, 6.45) is 0. The second kappa shape index (κ2) is 8.24. The molecule has 0 unspecified atom stereocenters. The number of halogens is 2. The van der Waals surface area contributed by atoms with Gasteiger partial charge in [-0.15, -0.1) is 11.8 Å². The first kappa shape index (κ1) is 17.7. The molecule has 2 aromatic carbocycles. The van der Waals surface area contributed by atoms with E-state index in [1.54, 1.807) is 24.3 Å². The maximum atomic E-state index is 12.0. The summed E-state index contributed by atoms with van der Waals surface area (Å²) in [4.78, 5) is 24.0. The van der Waals surface area contributed by atoms with Gasteiger partial charge in [0.15, 0.2) is 0 Å².